The molecule has 1 amide bonds. The summed E-state index contributed by atoms with van der Waals surface area (Å²) in [5.41, 5.74) is 1.57. The standard InChI is InChI=1S/C12H10Cl2N2O/c13-10-2-1-9(6-11(10)14)16-12(17)5-8-3-4-15-7-8/h1-4,6-7,15H,5H2,(H,16,17). The van der Waals surface area contributed by atoms with Crippen molar-refractivity contribution in [1.29, 1.82) is 0 Å². The van der Waals surface area contributed by atoms with Gasteiger partial charge < -0.3 is 10.3 Å². The van der Waals surface area contributed by atoms with Crippen LogP contribution in [-0.4, -0.2) is 10.9 Å². The number of nitrogens with one attached hydrogen (secondary N) is 2. The van der Waals surface area contributed by atoms with Crippen molar-refractivity contribution >= 4 is 34.8 Å². The molecular weight excluding hydrogens is 259 g/mol. The average molecular weight is 269 g/mol. The van der Waals surface area contributed by atoms with Crippen LogP contribution in [0.1, 0.15) is 5.56 Å². The van der Waals surface area contributed by atoms with Crippen LogP contribution in [0.4, 0.5) is 5.69 Å². The highest BCUT2D eigenvalue weighted by molar-refractivity contribution is 6.42. The van der Waals surface area contributed by atoms with Gasteiger partial charge in [-0.15, -0.1) is 0 Å². The highest BCUT2D eigenvalue weighted by atomic mass is 35.5. The van der Waals surface area contributed by atoms with Crippen LogP contribution in [0.15, 0.2) is 36.7 Å². The van der Waals surface area contributed by atoms with Crippen LogP contribution in [0.2, 0.25) is 10.0 Å². The highest BCUT2D eigenvalue weighted by Gasteiger charge is 2.05. The monoisotopic (exact) mass is 268 g/mol. The third-order valence-electron chi connectivity index (χ3n) is 2.23. The number of hydrogen-bond acceptors (Lipinski definition) is 1. The van der Waals surface area contributed by atoms with Crippen molar-refractivity contribution in [2.75, 3.05) is 5.32 Å². The molecule has 1 heterocycles. The molecule has 3 nitrogen and oxygen atoms in total. The lowest BCUT2D eigenvalue weighted by atomic mass is 10.2. The summed E-state index contributed by atoms with van der Waals surface area (Å²) in [4.78, 5) is 14.6. The van der Waals surface area contributed by atoms with Gasteiger partial charge in [0.25, 0.3) is 0 Å². The van der Waals surface area contributed by atoms with Crippen LogP contribution in [0, 0.1) is 0 Å². The molecule has 1 aromatic carbocycles. The number of amides is 1. The summed E-state index contributed by atoms with van der Waals surface area (Å²) in [6.07, 6.45) is 3.89. The van der Waals surface area contributed by atoms with E-state index < -0.39 is 0 Å². The van der Waals surface area contributed by atoms with Crippen LogP contribution < -0.4 is 5.32 Å². The number of carbonyl (C=O) groups excluding carboxylic acids is 1. The molecule has 0 aliphatic rings. The van der Waals surface area contributed by atoms with Gasteiger partial charge in [-0.25, -0.2) is 0 Å². The van der Waals surface area contributed by atoms with E-state index in [1.54, 1.807) is 30.6 Å². The maximum absolute atomic E-state index is 11.7. The Bertz CT molecular complexity index is 523. The maximum atomic E-state index is 11.7. The molecule has 0 spiro atoms. The van der Waals surface area contributed by atoms with E-state index in [0.29, 0.717) is 22.2 Å². The van der Waals surface area contributed by atoms with Crippen LogP contribution in [0.25, 0.3) is 0 Å². The molecule has 0 saturated carbocycles. The summed E-state index contributed by atoms with van der Waals surface area (Å²) >= 11 is 11.6. The number of rotatable bonds is 3. The van der Waals surface area contributed by atoms with Gasteiger partial charge in [-0.2, -0.15) is 0 Å². The minimum atomic E-state index is -0.0945. The Morgan fingerprint density at radius 1 is 1.24 bits per heavy atom. The Hall–Kier alpha value is -1.45. The first-order valence-corrected chi connectivity index (χ1v) is 5.77. The lowest BCUT2D eigenvalue weighted by molar-refractivity contribution is -0.115. The SMILES string of the molecule is O=C(Cc1cc[nH]c1)Nc1ccc(Cl)c(Cl)c1. The Labute approximate surface area is 109 Å². The first kappa shape index (κ1) is 12.0. The molecule has 0 fully saturated rings. The largest absolute Gasteiger partial charge is 0.367 e. The van der Waals surface area contributed by atoms with Crippen molar-refractivity contribution in [3.63, 3.8) is 0 Å². The van der Waals surface area contributed by atoms with E-state index in [9.17, 15) is 4.79 Å². The molecule has 2 N–H and O–H groups in total. The van der Waals surface area contributed by atoms with Crippen molar-refractivity contribution in [2.24, 2.45) is 0 Å². The van der Waals surface area contributed by atoms with Crippen molar-refractivity contribution in [2.45, 2.75) is 6.42 Å². The zero-order chi connectivity index (χ0) is 12.3. The van der Waals surface area contributed by atoms with Gasteiger partial charge >= 0.3 is 0 Å². The zero-order valence-corrected chi connectivity index (χ0v) is 10.3. The Kier molecular flexibility index (Phi) is 3.71. The molecule has 2 rings (SSSR count). The number of aromatic amines is 1. The second-order valence-corrected chi connectivity index (χ2v) is 4.39. The lowest BCUT2D eigenvalue weighted by Crippen LogP contribution is -2.13. The predicted octanol–water partition coefficient (Wildman–Crippen LogP) is 3.50. The smallest absolute Gasteiger partial charge is 0.228 e. The number of aromatic nitrogens is 1. The minimum absolute atomic E-state index is 0.0945. The quantitative estimate of drug-likeness (QED) is 0.880. The Balaban J connectivity index is 2.00. The summed E-state index contributed by atoms with van der Waals surface area (Å²) in [5, 5.41) is 3.64. The molecule has 0 aliphatic heterocycles. The van der Waals surface area contributed by atoms with Crippen LogP contribution >= 0.6 is 23.2 Å². The van der Waals surface area contributed by atoms with Gasteiger partial charge in [0.15, 0.2) is 0 Å². The van der Waals surface area contributed by atoms with Gasteiger partial charge in [0.05, 0.1) is 16.5 Å². The molecule has 0 radical (unpaired) electrons. The van der Waals surface area contributed by atoms with E-state index in [1.807, 2.05) is 6.07 Å². The van der Waals surface area contributed by atoms with E-state index in [0.717, 1.165) is 5.56 Å². The fraction of sp³-hybridized carbons (Fsp3) is 0.0833. The van der Waals surface area contributed by atoms with Gasteiger partial charge in [0.1, 0.15) is 0 Å². The van der Waals surface area contributed by atoms with Gasteiger partial charge in [-0.05, 0) is 29.8 Å². The van der Waals surface area contributed by atoms with Crippen LogP contribution in [0.5, 0.6) is 0 Å². The molecule has 88 valence electrons. The molecule has 0 aliphatic carbocycles. The molecule has 0 bridgehead atoms. The number of hydrogen-bond donors (Lipinski definition) is 2. The molecule has 0 saturated heterocycles. The molecule has 0 unspecified atom stereocenters. The maximum Gasteiger partial charge on any atom is 0.228 e. The van der Waals surface area contributed by atoms with E-state index >= 15 is 0 Å². The van der Waals surface area contributed by atoms with Crippen molar-refractivity contribution < 1.29 is 4.79 Å². The molecule has 5 heteroatoms. The third kappa shape index (κ3) is 3.25. The predicted molar refractivity (Wildman–Crippen MR) is 69.6 cm³/mol. The normalized spacial score (nSPS) is 10.2. The van der Waals surface area contributed by atoms with E-state index in [4.69, 9.17) is 23.2 Å². The summed E-state index contributed by atoms with van der Waals surface area (Å²) in [5.74, 6) is -0.0945. The third-order valence-corrected chi connectivity index (χ3v) is 2.97. The Morgan fingerprint density at radius 3 is 2.71 bits per heavy atom. The van der Waals surface area contributed by atoms with Gasteiger partial charge in [0.2, 0.25) is 5.91 Å². The topological polar surface area (TPSA) is 44.9 Å². The molecule has 0 atom stereocenters. The Morgan fingerprint density at radius 2 is 2.06 bits per heavy atom. The van der Waals surface area contributed by atoms with Gasteiger partial charge in [-0.1, -0.05) is 23.2 Å². The number of H-pyrrole nitrogens is 1. The van der Waals surface area contributed by atoms with E-state index in [1.165, 1.54) is 0 Å². The first-order chi connectivity index (χ1) is 8.15. The van der Waals surface area contributed by atoms with Crippen molar-refractivity contribution in [3.8, 4) is 0 Å². The fourth-order valence-electron chi connectivity index (χ4n) is 1.43. The molecule has 1 aromatic heterocycles. The molecule has 17 heavy (non-hydrogen) atoms. The molecule has 2 aromatic rings. The summed E-state index contributed by atoms with van der Waals surface area (Å²) in [6, 6.07) is 6.84. The van der Waals surface area contributed by atoms with E-state index in [-0.39, 0.29) is 5.91 Å². The second-order valence-electron chi connectivity index (χ2n) is 3.57. The number of halogens is 2. The number of carbonyl (C=O) groups is 1. The summed E-state index contributed by atoms with van der Waals surface area (Å²) < 4.78 is 0. The second kappa shape index (κ2) is 5.25. The minimum Gasteiger partial charge on any atom is -0.367 e. The average Bonchev–Trinajstić information content (AvgIpc) is 2.76. The summed E-state index contributed by atoms with van der Waals surface area (Å²) in [6.45, 7) is 0. The highest BCUT2D eigenvalue weighted by Crippen LogP contribution is 2.25. The lowest BCUT2D eigenvalue weighted by Gasteiger charge is -2.05. The van der Waals surface area contributed by atoms with Gasteiger partial charge in [-0.3, -0.25) is 4.79 Å². The fourth-order valence-corrected chi connectivity index (χ4v) is 1.73. The number of benzene rings is 1. The zero-order valence-electron chi connectivity index (χ0n) is 8.84. The first-order valence-electron chi connectivity index (χ1n) is 5.02. The molecular formula is C12H10Cl2N2O. The summed E-state index contributed by atoms with van der Waals surface area (Å²) in [7, 11) is 0. The number of anilines is 1. The van der Waals surface area contributed by atoms with Gasteiger partial charge in [0, 0.05) is 18.1 Å². The van der Waals surface area contributed by atoms with E-state index in [2.05, 4.69) is 10.3 Å². The van der Waals surface area contributed by atoms with Crippen molar-refractivity contribution in [1.82, 2.24) is 4.98 Å². The van der Waals surface area contributed by atoms with Crippen molar-refractivity contribution in [3.05, 3.63) is 52.3 Å². The van der Waals surface area contributed by atoms with Crippen LogP contribution in [0.3, 0.4) is 0 Å². The van der Waals surface area contributed by atoms with Crippen LogP contribution in [-0.2, 0) is 11.2 Å².